The summed E-state index contributed by atoms with van der Waals surface area (Å²) in [5.74, 6) is 0.799. The second kappa shape index (κ2) is 9.45. The third kappa shape index (κ3) is 6.33. The Kier molecular flexibility index (Phi) is 7.96. The van der Waals surface area contributed by atoms with Crippen LogP contribution in [-0.2, 0) is 26.2 Å². The number of phenolic OH excluding ortho intramolecular Hbond substituents is 1. The zero-order valence-corrected chi connectivity index (χ0v) is 24.4. The van der Waals surface area contributed by atoms with Gasteiger partial charge in [-0.05, 0) is 44.9 Å². The van der Waals surface area contributed by atoms with Gasteiger partial charge in [0.25, 0.3) is 0 Å². The molecule has 2 rings (SSSR count). The Balaban J connectivity index is 3.12. The van der Waals surface area contributed by atoms with Crippen LogP contribution >= 0.6 is 8.60 Å². The average Bonchev–Trinajstić information content (AvgIpc) is 2.64. The highest BCUT2D eigenvalue weighted by atomic mass is 31.2. The highest BCUT2D eigenvalue weighted by molar-refractivity contribution is 7.41. The molecule has 0 aromatic heterocycles. The molecule has 0 fully saturated rings. The van der Waals surface area contributed by atoms with Crippen LogP contribution in [-0.4, -0.2) is 17.1 Å². The van der Waals surface area contributed by atoms with Crippen LogP contribution in [0.3, 0.4) is 0 Å². The van der Waals surface area contributed by atoms with Crippen molar-refractivity contribution in [2.75, 3.05) is 7.11 Å². The van der Waals surface area contributed by atoms with E-state index >= 15 is 0 Å². The third-order valence-electron chi connectivity index (χ3n) is 6.16. The Labute approximate surface area is 208 Å². The minimum atomic E-state index is -2.11. The first-order valence-electron chi connectivity index (χ1n) is 12.0. The molecular weight excluding hydrogens is 443 g/mol. The molecule has 2 aromatic rings. The van der Waals surface area contributed by atoms with E-state index < -0.39 is 8.60 Å². The summed E-state index contributed by atoms with van der Waals surface area (Å²) in [5, 5.41) is 11.6. The summed E-state index contributed by atoms with van der Waals surface area (Å²) in [7, 11) is -0.682. The standard InChI is InChI=1S/C29H45O4P/c1-26(2,3)18-14-20(24(30)22(16-18)28(7,8)9)21-15-19(27(4,5)6)17-23(29(10,11)12)25(21)33-34(31)32-13/h14-17,30-31H,1-13H3. The maximum absolute atomic E-state index is 11.6. The van der Waals surface area contributed by atoms with Crippen molar-refractivity contribution in [2.45, 2.75) is 105 Å². The zero-order valence-electron chi connectivity index (χ0n) is 23.5. The van der Waals surface area contributed by atoms with Gasteiger partial charge in [-0.15, -0.1) is 0 Å². The first kappa shape index (κ1) is 28.6. The van der Waals surface area contributed by atoms with E-state index in [2.05, 4.69) is 107 Å². The molecule has 0 saturated carbocycles. The summed E-state index contributed by atoms with van der Waals surface area (Å²) < 4.78 is 11.2. The van der Waals surface area contributed by atoms with E-state index in [1.165, 1.54) is 7.11 Å². The van der Waals surface area contributed by atoms with E-state index in [0.29, 0.717) is 11.3 Å². The largest absolute Gasteiger partial charge is 0.507 e. The van der Waals surface area contributed by atoms with Crippen LogP contribution in [0.25, 0.3) is 11.1 Å². The maximum Gasteiger partial charge on any atom is 0.394 e. The molecule has 34 heavy (non-hydrogen) atoms. The van der Waals surface area contributed by atoms with E-state index in [1.54, 1.807) is 0 Å². The van der Waals surface area contributed by atoms with Crippen molar-refractivity contribution >= 4 is 8.60 Å². The molecule has 1 unspecified atom stereocenters. The molecule has 0 amide bonds. The fourth-order valence-corrected chi connectivity index (χ4v) is 4.30. The van der Waals surface area contributed by atoms with Gasteiger partial charge in [0.2, 0.25) is 0 Å². The molecule has 0 bridgehead atoms. The molecule has 1 atom stereocenters. The Hall–Kier alpha value is -1.61. The fraction of sp³-hybridized carbons (Fsp3) is 0.586. The van der Waals surface area contributed by atoms with E-state index in [-0.39, 0.29) is 27.4 Å². The van der Waals surface area contributed by atoms with E-state index in [1.807, 2.05) is 0 Å². The lowest BCUT2D eigenvalue weighted by atomic mass is 9.75. The van der Waals surface area contributed by atoms with Crippen molar-refractivity contribution in [2.24, 2.45) is 0 Å². The van der Waals surface area contributed by atoms with E-state index in [0.717, 1.165) is 27.8 Å². The minimum absolute atomic E-state index is 0.117. The quantitative estimate of drug-likeness (QED) is 0.424. The van der Waals surface area contributed by atoms with Crippen molar-refractivity contribution in [3.05, 3.63) is 46.5 Å². The molecule has 5 heteroatoms. The maximum atomic E-state index is 11.6. The van der Waals surface area contributed by atoms with Crippen LogP contribution in [0.2, 0.25) is 0 Å². The molecule has 190 valence electrons. The normalized spacial score (nSPS) is 14.3. The van der Waals surface area contributed by atoms with Crippen LogP contribution in [0.1, 0.15) is 105 Å². The summed E-state index contributed by atoms with van der Waals surface area (Å²) >= 11 is 0. The number of phenols is 1. The summed E-state index contributed by atoms with van der Waals surface area (Å²) in [5.41, 5.74) is 4.84. The number of rotatable bonds is 4. The molecular formula is C29H45O4P. The van der Waals surface area contributed by atoms with Crippen LogP contribution < -0.4 is 4.52 Å². The lowest BCUT2D eigenvalue weighted by molar-refractivity contribution is 0.314. The van der Waals surface area contributed by atoms with Crippen molar-refractivity contribution < 1.29 is 19.0 Å². The van der Waals surface area contributed by atoms with Crippen molar-refractivity contribution in [3.8, 4) is 22.6 Å². The Morgan fingerprint density at radius 1 is 0.618 bits per heavy atom. The summed E-state index contributed by atoms with van der Waals surface area (Å²) in [4.78, 5) is 10.4. The predicted molar refractivity (Wildman–Crippen MR) is 145 cm³/mol. The number of hydrogen-bond donors (Lipinski definition) is 2. The van der Waals surface area contributed by atoms with Gasteiger partial charge in [0.15, 0.2) is 0 Å². The lowest BCUT2D eigenvalue weighted by Crippen LogP contribution is -2.19. The first-order valence-corrected chi connectivity index (χ1v) is 13.1. The Morgan fingerprint density at radius 2 is 1.03 bits per heavy atom. The van der Waals surface area contributed by atoms with Gasteiger partial charge in [-0.2, -0.15) is 0 Å². The molecule has 4 nitrogen and oxygen atoms in total. The van der Waals surface area contributed by atoms with Gasteiger partial charge in [-0.1, -0.05) is 95.2 Å². The van der Waals surface area contributed by atoms with Gasteiger partial charge in [0.1, 0.15) is 11.5 Å². The molecule has 0 spiro atoms. The van der Waals surface area contributed by atoms with Crippen LogP contribution in [0.15, 0.2) is 24.3 Å². The average molecular weight is 489 g/mol. The van der Waals surface area contributed by atoms with E-state index in [4.69, 9.17) is 9.05 Å². The van der Waals surface area contributed by atoms with Gasteiger partial charge in [0.05, 0.1) is 0 Å². The van der Waals surface area contributed by atoms with Crippen molar-refractivity contribution in [1.29, 1.82) is 0 Å². The van der Waals surface area contributed by atoms with Crippen LogP contribution in [0.5, 0.6) is 11.5 Å². The molecule has 0 heterocycles. The smallest absolute Gasteiger partial charge is 0.394 e. The topological polar surface area (TPSA) is 58.9 Å². The van der Waals surface area contributed by atoms with Crippen molar-refractivity contribution in [3.63, 3.8) is 0 Å². The third-order valence-corrected chi connectivity index (χ3v) is 6.81. The molecule has 0 aliphatic carbocycles. The number of aromatic hydroxyl groups is 1. The SMILES string of the molecule is COP(O)Oc1c(-c2cc(C(C)(C)C)cc(C(C)(C)C)c2O)cc(C(C)(C)C)cc1C(C)(C)C. The van der Waals surface area contributed by atoms with Crippen LogP contribution in [0, 0.1) is 0 Å². The molecule has 0 radical (unpaired) electrons. The lowest BCUT2D eigenvalue weighted by Gasteiger charge is -2.31. The molecule has 0 saturated heterocycles. The highest BCUT2D eigenvalue weighted by Gasteiger charge is 2.31. The molecule has 0 aliphatic rings. The second-order valence-electron chi connectivity index (χ2n) is 13.3. The molecule has 2 aromatic carbocycles. The first-order chi connectivity index (χ1) is 15.2. The molecule has 0 aliphatic heterocycles. The number of hydrogen-bond acceptors (Lipinski definition) is 4. The van der Waals surface area contributed by atoms with Gasteiger partial charge in [0, 0.05) is 29.4 Å². The van der Waals surface area contributed by atoms with E-state index in [9.17, 15) is 10.00 Å². The summed E-state index contributed by atoms with van der Waals surface area (Å²) in [6, 6.07) is 8.44. The minimum Gasteiger partial charge on any atom is -0.507 e. The molecule has 2 N–H and O–H groups in total. The van der Waals surface area contributed by atoms with Gasteiger partial charge >= 0.3 is 8.60 Å². The number of benzene rings is 2. The Bertz CT molecular complexity index is 1030. The van der Waals surface area contributed by atoms with Gasteiger partial charge in [-0.25, -0.2) is 0 Å². The Morgan fingerprint density at radius 3 is 1.41 bits per heavy atom. The second-order valence-corrected chi connectivity index (χ2v) is 14.4. The monoisotopic (exact) mass is 488 g/mol. The predicted octanol–water partition coefficient (Wildman–Crippen LogP) is 8.49. The van der Waals surface area contributed by atoms with Gasteiger partial charge in [-0.3, -0.25) is 0 Å². The van der Waals surface area contributed by atoms with Crippen molar-refractivity contribution in [1.82, 2.24) is 0 Å². The summed E-state index contributed by atoms with van der Waals surface area (Å²) in [6.45, 7) is 25.8. The highest BCUT2D eigenvalue weighted by Crippen LogP contribution is 2.51. The summed E-state index contributed by atoms with van der Waals surface area (Å²) in [6.07, 6.45) is 0. The van der Waals surface area contributed by atoms with Gasteiger partial charge < -0.3 is 19.0 Å². The fourth-order valence-electron chi connectivity index (χ4n) is 3.88. The van der Waals surface area contributed by atoms with Crippen LogP contribution in [0.4, 0.5) is 0 Å². The zero-order chi connectivity index (χ0) is 26.4.